The summed E-state index contributed by atoms with van der Waals surface area (Å²) >= 11 is 0. The van der Waals surface area contributed by atoms with Gasteiger partial charge in [0.05, 0.1) is 17.6 Å². The number of amides is 2. The fourth-order valence-corrected chi connectivity index (χ4v) is 4.40. The van der Waals surface area contributed by atoms with Gasteiger partial charge in [-0.05, 0) is 50.8 Å². The Labute approximate surface area is 203 Å². The van der Waals surface area contributed by atoms with E-state index in [4.69, 9.17) is 10.5 Å². The average Bonchev–Trinajstić information content (AvgIpc) is 3.61. The number of aromatic nitrogens is 3. The second-order valence-corrected chi connectivity index (χ2v) is 8.90. The lowest BCUT2D eigenvalue weighted by molar-refractivity contribution is 0.0927. The Morgan fingerprint density at radius 1 is 1.17 bits per heavy atom. The first kappa shape index (κ1) is 22.7. The Hall–Kier alpha value is -4.06. The highest BCUT2D eigenvalue weighted by molar-refractivity contribution is 5.95. The molecule has 2 aromatic heterocycles. The molecular formula is C26H28N6O3. The zero-order valence-corrected chi connectivity index (χ0v) is 19.7. The molecule has 1 aliphatic carbocycles. The monoisotopic (exact) mass is 472 g/mol. The quantitative estimate of drug-likeness (QED) is 0.564. The molecule has 2 amide bonds. The number of nitrogens with zero attached hydrogens (tertiary/aromatic N) is 4. The molecule has 0 radical (unpaired) electrons. The van der Waals surface area contributed by atoms with Crippen molar-refractivity contribution in [2.24, 2.45) is 0 Å². The first-order valence-electron chi connectivity index (χ1n) is 12.0. The number of anilines is 1. The number of nitrogen functional groups attached to an aromatic ring is 1. The Kier molecular flexibility index (Phi) is 6.27. The van der Waals surface area contributed by atoms with E-state index in [1.54, 1.807) is 17.0 Å². The van der Waals surface area contributed by atoms with E-state index < -0.39 is 0 Å². The predicted octanol–water partition coefficient (Wildman–Crippen LogP) is 3.10. The number of carbonyl (C=O) groups is 2. The van der Waals surface area contributed by atoms with Crippen LogP contribution in [0.5, 0.6) is 0 Å². The number of ether oxygens (including phenoxy) is 1. The molecule has 9 nitrogen and oxygen atoms in total. The van der Waals surface area contributed by atoms with Gasteiger partial charge in [-0.25, -0.2) is 14.8 Å². The standard InChI is InChI=1S/C26H28N6O3/c1-2-35-26(34)31-12-10-21(11-13-31)32-15-19(22-23(27)28-16-29-24(22)32)7-6-17-4-3-5-18(14-17)25(33)30-20-8-9-20/h3-5,14-16,20-21H,2,8-13H2,1H3,(H,30,33)(H2,27,28,29). The average molecular weight is 473 g/mol. The first-order valence-corrected chi connectivity index (χ1v) is 12.0. The molecule has 180 valence electrons. The number of nitrogens with two attached hydrogens (primary N) is 1. The molecule has 0 bridgehead atoms. The molecule has 2 fully saturated rings. The molecule has 9 heteroatoms. The maximum Gasteiger partial charge on any atom is 0.409 e. The smallest absolute Gasteiger partial charge is 0.409 e. The lowest BCUT2D eigenvalue weighted by atomic mass is 10.1. The molecular weight excluding hydrogens is 444 g/mol. The summed E-state index contributed by atoms with van der Waals surface area (Å²) in [6.45, 7) is 3.40. The van der Waals surface area contributed by atoms with Crippen LogP contribution in [-0.2, 0) is 4.74 Å². The maximum absolute atomic E-state index is 12.4. The summed E-state index contributed by atoms with van der Waals surface area (Å²) in [6.07, 6.45) is 6.79. The number of nitrogens with one attached hydrogen (secondary N) is 1. The van der Waals surface area contributed by atoms with Crippen LogP contribution in [0.25, 0.3) is 11.0 Å². The van der Waals surface area contributed by atoms with Gasteiger partial charge in [0.25, 0.3) is 5.91 Å². The van der Waals surface area contributed by atoms with E-state index in [1.165, 1.54) is 6.33 Å². The normalized spacial score (nSPS) is 16.0. The molecule has 1 aliphatic heterocycles. The number of benzene rings is 1. The predicted molar refractivity (Wildman–Crippen MR) is 132 cm³/mol. The molecule has 0 atom stereocenters. The van der Waals surface area contributed by atoms with Gasteiger partial charge in [0.1, 0.15) is 17.8 Å². The number of hydrogen-bond acceptors (Lipinski definition) is 6. The number of likely N-dealkylation sites (tertiary alicyclic amines) is 1. The third-order valence-electron chi connectivity index (χ3n) is 6.40. The van der Waals surface area contributed by atoms with Crippen LogP contribution >= 0.6 is 0 Å². The van der Waals surface area contributed by atoms with Gasteiger partial charge < -0.3 is 25.3 Å². The van der Waals surface area contributed by atoms with E-state index in [0.717, 1.165) is 47.8 Å². The SMILES string of the molecule is CCOC(=O)N1CCC(n2cc(C#Cc3cccc(C(=O)NC4CC4)c3)c3c(N)ncnc32)CC1. The fourth-order valence-electron chi connectivity index (χ4n) is 4.40. The first-order chi connectivity index (χ1) is 17.0. The van der Waals surface area contributed by atoms with Gasteiger partial charge in [0.2, 0.25) is 0 Å². The third-order valence-corrected chi connectivity index (χ3v) is 6.40. The van der Waals surface area contributed by atoms with Crippen LogP contribution < -0.4 is 11.1 Å². The molecule has 35 heavy (non-hydrogen) atoms. The summed E-state index contributed by atoms with van der Waals surface area (Å²) in [5.74, 6) is 6.70. The molecule has 3 N–H and O–H groups in total. The van der Waals surface area contributed by atoms with Crippen molar-refractivity contribution in [2.45, 2.75) is 44.7 Å². The van der Waals surface area contributed by atoms with Gasteiger partial charge in [0.15, 0.2) is 0 Å². The highest BCUT2D eigenvalue weighted by atomic mass is 16.6. The van der Waals surface area contributed by atoms with Crippen molar-refractivity contribution in [1.29, 1.82) is 0 Å². The van der Waals surface area contributed by atoms with Crippen LogP contribution in [0.1, 0.15) is 60.1 Å². The van der Waals surface area contributed by atoms with Crippen LogP contribution in [-0.4, -0.2) is 57.2 Å². The summed E-state index contributed by atoms with van der Waals surface area (Å²) in [4.78, 5) is 34.9. The van der Waals surface area contributed by atoms with Crippen LogP contribution in [0.4, 0.5) is 10.6 Å². The lowest BCUT2D eigenvalue weighted by Crippen LogP contribution is -2.39. The number of fused-ring (bicyclic) bond motifs is 1. The Morgan fingerprint density at radius 2 is 1.97 bits per heavy atom. The van der Waals surface area contributed by atoms with Crippen molar-refractivity contribution < 1.29 is 14.3 Å². The Bertz CT molecular complexity index is 1330. The number of hydrogen-bond donors (Lipinski definition) is 2. The highest BCUT2D eigenvalue weighted by Crippen LogP contribution is 2.31. The number of carbonyl (C=O) groups excluding carboxylic acids is 2. The molecule has 3 aromatic rings. The van der Waals surface area contributed by atoms with Crippen molar-refractivity contribution in [3.05, 3.63) is 53.5 Å². The van der Waals surface area contributed by atoms with Crippen molar-refractivity contribution in [3.63, 3.8) is 0 Å². The molecule has 5 rings (SSSR count). The summed E-state index contributed by atoms with van der Waals surface area (Å²) in [7, 11) is 0. The van der Waals surface area contributed by atoms with Crippen LogP contribution in [0.15, 0.2) is 36.8 Å². The summed E-state index contributed by atoms with van der Waals surface area (Å²) in [6, 6.07) is 7.77. The minimum absolute atomic E-state index is 0.0699. The largest absolute Gasteiger partial charge is 0.450 e. The van der Waals surface area contributed by atoms with Crippen molar-refractivity contribution in [1.82, 2.24) is 24.8 Å². The second-order valence-electron chi connectivity index (χ2n) is 8.90. The zero-order chi connectivity index (χ0) is 24.4. The van der Waals surface area contributed by atoms with Crippen molar-refractivity contribution in [2.75, 3.05) is 25.4 Å². The molecule has 0 spiro atoms. The zero-order valence-electron chi connectivity index (χ0n) is 19.7. The summed E-state index contributed by atoms with van der Waals surface area (Å²) in [5.41, 5.74) is 9.03. The highest BCUT2D eigenvalue weighted by Gasteiger charge is 2.27. The van der Waals surface area contributed by atoms with Crippen molar-refractivity contribution in [3.8, 4) is 11.8 Å². The minimum atomic E-state index is -0.269. The number of piperidine rings is 1. The van der Waals surface area contributed by atoms with E-state index in [0.29, 0.717) is 37.1 Å². The molecule has 3 heterocycles. The van der Waals surface area contributed by atoms with Crippen molar-refractivity contribution >= 4 is 28.9 Å². The topological polar surface area (TPSA) is 115 Å². The van der Waals surface area contributed by atoms with Gasteiger partial charge in [0, 0.05) is 42.5 Å². The van der Waals surface area contributed by atoms with Gasteiger partial charge >= 0.3 is 6.09 Å². The lowest BCUT2D eigenvalue weighted by Gasteiger charge is -2.32. The van der Waals surface area contributed by atoms with Crippen LogP contribution in [0, 0.1) is 11.8 Å². The third kappa shape index (κ3) is 4.92. The molecule has 1 saturated carbocycles. The number of rotatable bonds is 4. The fraction of sp³-hybridized carbons (Fsp3) is 0.385. The van der Waals surface area contributed by atoms with Gasteiger partial charge in [-0.1, -0.05) is 17.9 Å². The molecule has 1 saturated heterocycles. The summed E-state index contributed by atoms with van der Waals surface area (Å²) < 4.78 is 7.23. The molecule has 1 aromatic carbocycles. The van der Waals surface area contributed by atoms with Gasteiger partial charge in [-0.15, -0.1) is 0 Å². The van der Waals surface area contributed by atoms with Gasteiger partial charge in [-0.3, -0.25) is 4.79 Å². The van der Waals surface area contributed by atoms with E-state index in [2.05, 4.69) is 31.7 Å². The van der Waals surface area contributed by atoms with E-state index in [1.807, 2.05) is 25.3 Å². The summed E-state index contributed by atoms with van der Waals surface area (Å²) in [5, 5.41) is 3.72. The van der Waals surface area contributed by atoms with Crippen LogP contribution in [0.2, 0.25) is 0 Å². The van der Waals surface area contributed by atoms with Gasteiger partial charge in [-0.2, -0.15) is 0 Å². The Balaban J connectivity index is 1.40. The second kappa shape index (κ2) is 9.66. The van der Waals surface area contributed by atoms with E-state index in [9.17, 15) is 9.59 Å². The maximum atomic E-state index is 12.4. The molecule has 2 aliphatic rings. The minimum Gasteiger partial charge on any atom is -0.450 e. The Morgan fingerprint density at radius 3 is 2.71 bits per heavy atom. The molecule has 0 unspecified atom stereocenters. The van der Waals surface area contributed by atoms with E-state index >= 15 is 0 Å². The van der Waals surface area contributed by atoms with Crippen LogP contribution in [0.3, 0.4) is 0 Å². The van der Waals surface area contributed by atoms with E-state index in [-0.39, 0.29) is 18.0 Å².